The van der Waals surface area contributed by atoms with Crippen LogP contribution < -0.4 is 5.32 Å². The summed E-state index contributed by atoms with van der Waals surface area (Å²) in [4.78, 5) is 2.55. The minimum Gasteiger partial charge on any atom is -0.506 e. The van der Waals surface area contributed by atoms with Gasteiger partial charge in [0.1, 0.15) is 11.6 Å². The molecule has 148 valence electrons. The van der Waals surface area contributed by atoms with Crippen molar-refractivity contribution in [1.82, 2.24) is 4.90 Å². The highest BCUT2D eigenvalue weighted by Gasteiger charge is 2.60. The van der Waals surface area contributed by atoms with E-state index in [1.54, 1.807) is 6.07 Å². The Morgan fingerprint density at radius 2 is 1.96 bits per heavy atom. The highest BCUT2D eigenvalue weighted by atomic mass is 19.1. The molecule has 3 nitrogen and oxygen atoms in total. The number of hydrogen-bond acceptors (Lipinski definition) is 3. The fourth-order valence-corrected chi connectivity index (χ4v) is 6.59. The number of rotatable bonds is 2. The lowest BCUT2D eigenvalue weighted by atomic mass is 9.45. The van der Waals surface area contributed by atoms with Crippen molar-refractivity contribution in [3.8, 4) is 5.75 Å². The largest absolute Gasteiger partial charge is 0.506 e. The van der Waals surface area contributed by atoms with E-state index >= 15 is 0 Å². The van der Waals surface area contributed by atoms with Crippen LogP contribution in [0.2, 0.25) is 0 Å². The number of benzene rings is 2. The molecule has 2 bridgehead atoms. The molecule has 0 radical (unpaired) electrons. The topological polar surface area (TPSA) is 35.5 Å². The maximum atomic E-state index is 13.6. The number of piperidine rings is 1. The van der Waals surface area contributed by atoms with Crippen molar-refractivity contribution in [3.05, 3.63) is 53.3 Å². The molecule has 0 aromatic heterocycles. The summed E-state index contributed by atoms with van der Waals surface area (Å²) in [5, 5.41) is 14.1. The summed E-state index contributed by atoms with van der Waals surface area (Å²) in [5.74, 6) is -0.0156. The molecule has 2 aromatic carbocycles. The zero-order valence-corrected chi connectivity index (χ0v) is 16.8. The molecule has 0 amide bonds. The molecule has 2 aliphatic carbocycles. The molecule has 2 fully saturated rings. The summed E-state index contributed by atoms with van der Waals surface area (Å²) in [7, 11) is 2.27. The zero-order valence-electron chi connectivity index (χ0n) is 16.8. The summed E-state index contributed by atoms with van der Waals surface area (Å²) >= 11 is 0. The maximum Gasteiger partial charge on any atom is 0.139 e. The van der Waals surface area contributed by atoms with E-state index < -0.39 is 0 Å². The molecule has 3 aliphatic rings. The molecule has 0 spiro atoms. The van der Waals surface area contributed by atoms with Gasteiger partial charge < -0.3 is 15.3 Å². The molecule has 1 saturated carbocycles. The number of halogens is 1. The molecule has 28 heavy (non-hydrogen) atoms. The van der Waals surface area contributed by atoms with E-state index in [9.17, 15) is 9.50 Å². The van der Waals surface area contributed by atoms with Crippen LogP contribution >= 0.6 is 0 Å². The first-order valence-corrected chi connectivity index (χ1v) is 10.5. The molecule has 1 heterocycles. The number of fused-ring (bicyclic) bond motifs is 1. The van der Waals surface area contributed by atoms with Crippen LogP contribution in [0.4, 0.5) is 15.8 Å². The first kappa shape index (κ1) is 18.0. The number of likely N-dealkylation sites (N-methyl/N-ethyl adjacent to an activating group) is 1. The van der Waals surface area contributed by atoms with Crippen LogP contribution in [0.15, 0.2) is 36.4 Å². The van der Waals surface area contributed by atoms with Gasteiger partial charge >= 0.3 is 0 Å². The van der Waals surface area contributed by atoms with Crippen LogP contribution in [0.1, 0.15) is 50.2 Å². The number of phenols is 1. The number of aromatic hydroxyl groups is 1. The SMILES string of the molecule is CN1CC[C@@]23CCCC[C@]2(C)[C@@H]1Cc1cc(Nc2cccc(F)c2)c(O)cc13. The third kappa shape index (κ3) is 2.43. The van der Waals surface area contributed by atoms with Gasteiger partial charge in [-0.3, -0.25) is 0 Å². The maximum absolute atomic E-state index is 13.6. The second-order valence-corrected chi connectivity index (χ2v) is 9.32. The van der Waals surface area contributed by atoms with Crippen LogP contribution in [-0.2, 0) is 11.8 Å². The summed E-state index contributed by atoms with van der Waals surface area (Å²) in [6.07, 6.45) is 7.25. The second kappa shape index (κ2) is 6.21. The van der Waals surface area contributed by atoms with Gasteiger partial charge in [-0.25, -0.2) is 4.39 Å². The van der Waals surface area contributed by atoms with Crippen LogP contribution in [0, 0.1) is 11.2 Å². The van der Waals surface area contributed by atoms with Gasteiger partial charge in [-0.1, -0.05) is 25.8 Å². The Kier molecular flexibility index (Phi) is 3.99. The lowest BCUT2D eigenvalue weighted by Gasteiger charge is -2.65. The minimum atomic E-state index is -0.282. The molecular formula is C24H29FN2O. The third-order valence-corrected chi connectivity index (χ3v) is 8.06. The lowest BCUT2D eigenvalue weighted by Crippen LogP contribution is -2.66. The van der Waals surface area contributed by atoms with E-state index in [-0.39, 0.29) is 22.4 Å². The normalized spacial score (nSPS) is 31.8. The van der Waals surface area contributed by atoms with Crippen molar-refractivity contribution in [2.75, 3.05) is 18.9 Å². The van der Waals surface area contributed by atoms with Crippen LogP contribution in [0.3, 0.4) is 0 Å². The standard InChI is InChI=1S/C24H29FN2O/c1-23-8-3-4-9-24(23)10-11-27(2)22(23)13-16-12-20(21(28)15-19(16)24)26-18-7-5-6-17(25)14-18/h5-7,12,14-15,22,26,28H,3-4,8-11,13H2,1-2H3/t22-,23+,24+/m0/s1. The van der Waals surface area contributed by atoms with E-state index in [0.717, 1.165) is 13.0 Å². The molecule has 2 aromatic rings. The Labute approximate surface area is 166 Å². The number of nitrogens with one attached hydrogen (secondary N) is 1. The smallest absolute Gasteiger partial charge is 0.139 e. The third-order valence-electron chi connectivity index (χ3n) is 8.06. The van der Waals surface area contributed by atoms with Gasteiger partial charge in [-0.15, -0.1) is 0 Å². The van der Waals surface area contributed by atoms with Crippen molar-refractivity contribution in [1.29, 1.82) is 0 Å². The first-order chi connectivity index (χ1) is 13.4. The number of phenolic OH excluding ortho intramolecular Hbond substituents is 1. The van der Waals surface area contributed by atoms with Gasteiger partial charge in [0, 0.05) is 17.1 Å². The fraction of sp³-hybridized carbons (Fsp3) is 0.500. The Balaban J connectivity index is 1.61. The highest BCUT2D eigenvalue weighted by Crippen LogP contribution is 2.63. The van der Waals surface area contributed by atoms with Crippen LogP contribution in [0.5, 0.6) is 5.75 Å². The monoisotopic (exact) mass is 380 g/mol. The highest BCUT2D eigenvalue weighted by molar-refractivity contribution is 5.69. The average molecular weight is 381 g/mol. The number of hydrogen-bond donors (Lipinski definition) is 2. The van der Waals surface area contributed by atoms with Crippen LogP contribution in [-0.4, -0.2) is 29.6 Å². The molecule has 1 aliphatic heterocycles. The Morgan fingerprint density at radius 1 is 1.14 bits per heavy atom. The van der Waals surface area contributed by atoms with Crippen molar-refractivity contribution < 1.29 is 9.50 Å². The van der Waals surface area contributed by atoms with Crippen molar-refractivity contribution in [2.24, 2.45) is 5.41 Å². The average Bonchev–Trinajstić information content (AvgIpc) is 2.66. The van der Waals surface area contributed by atoms with Gasteiger partial charge in [-0.2, -0.15) is 0 Å². The van der Waals surface area contributed by atoms with E-state index in [1.807, 2.05) is 12.1 Å². The van der Waals surface area contributed by atoms with Crippen molar-refractivity contribution >= 4 is 11.4 Å². The molecule has 1 saturated heterocycles. The van der Waals surface area contributed by atoms with E-state index in [0.29, 0.717) is 17.4 Å². The summed E-state index contributed by atoms with van der Waals surface area (Å²) in [6.45, 7) is 3.62. The lowest BCUT2D eigenvalue weighted by molar-refractivity contribution is -0.0735. The molecule has 3 atom stereocenters. The number of anilines is 2. The predicted molar refractivity (Wildman–Crippen MR) is 111 cm³/mol. The zero-order chi connectivity index (χ0) is 19.5. The quantitative estimate of drug-likeness (QED) is 0.689. The molecule has 2 N–H and O–H groups in total. The van der Waals surface area contributed by atoms with E-state index in [1.165, 1.54) is 55.4 Å². The molecule has 5 rings (SSSR count). The van der Waals surface area contributed by atoms with Crippen molar-refractivity contribution in [2.45, 2.75) is 56.9 Å². The van der Waals surface area contributed by atoms with E-state index in [4.69, 9.17) is 0 Å². The Hall–Kier alpha value is -2.07. The Morgan fingerprint density at radius 3 is 2.79 bits per heavy atom. The summed E-state index contributed by atoms with van der Waals surface area (Å²) < 4.78 is 13.6. The van der Waals surface area contributed by atoms with Gasteiger partial charge in [0.05, 0.1) is 5.69 Å². The van der Waals surface area contributed by atoms with Gasteiger partial charge in [0.2, 0.25) is 0 Å². The second-order valence-electron chi connectivity index (χ2n) is 9.32. The van der Waals surface area contributed by atoms with Crippen molar-refractivity contribution in [3.63, 3.8) is 0 Å². The summed E-state index contributed by atoms with van der Waals surface area (Å²) in [6, 6.07) is 11.1. The van der Waals surface area contributed by atoms with Gasteiger partial charge in [-0.05, 0) is 86.1 Å². The minimum absolute atomic E-state index is 0.172. The van der Waals surface area contributed by atoms with E-state index in [2.05, 4.69) is 30.3 Å². The predicted octanol–water partition coefficient (Wildman–Crippen LogP) is 5.35. The molecule has 4 heteroatoms. The number of likely N-dealkylation sites (tertiary alicyclic amines) is 1. The van der Waals surface area contributed by atoms with Gasteiger partial charge in [0.15, 0.2) is 0 Å². The summed E-state index contributed by atoms with van der Waals surface area (Å²) in [5.41, 5.74) is 4.47. The molecule has 0 unspecified atom stereocenters. The Bertz CT molecular complexity index is 929. The first-order valence-electron chi connectivity index (χ1n) is 10.5. The molecular weight excluding hydrogens is 351 g/mol. The fourth-order valence-electron chi connectivity index (χ4n) is 6.59. The number of nitrogens with zero attached hydrogens (tertiary/aromatic N) is 1. The van der Waals surface area contributed by atoms with Gasteiger partial charge in [0.25, 0.3) is 0 Å². The van der Waals surface area contributed by atoms with Crippen LogP contribution in [0.25, 0.3) is 0 Å².